The second-order valence-corrected chi connectivity index (χ2v) is 7.01. The van der Waals surface area contributed by atoms with Crippen LogP contribution in [0.15, 0.2) is 47.1 Å². The van der Waals surface area contributed by atoms with E-state index in [1.165, 1.54) is 18.3 Å². The van der Waals surface area contributed by atoms with Gasteiger partial charge in [0.25, 0.3) is 5.91 Å². The van der Waals surface area contributed by atoms with E-state index in [4.69, 9.17) is 13.9 Å². The molecule has 3 aromatic rings. The van der Waals surface area contributed by atoms with E-state index in [2.05, 4.69) is 4.98 Å². The topological polar surface area (TPSA) is 102 Å². The van der Waals surface area contributed by atoms with E-state index in [0.717, 1.165) is 0 Å². The smallest absolute Gasteiger partial charge is 0.354 e. The third-order valence-corrected chi connectivity index (χ3v) is 4.99. The summed E-state index contributed by atoms with van der Waals surface area (Å²) in [6.07, 6.45) is 1.51. The van der Waals surface area contributed by atoms with Crippen LogP contribution in [0.25, 0.3) is 0 Å². The van der Waals surface area contributed by atoms with Crippen molar-refractivity contribution in [3.05, 3.63) is 76.5 Å². The molecule has 0 saturated carbocycles. The van der Waals surface area contributed by atoms with E-state index in [-0.39, 0.29) is 30.5 Å². The molecule has 1 N–H and O–H groups in total. The van der Waals surface area contributed by atoms with Crippen molar-refractivity contribution >= 4 is 17.7 Å². The van der Waals surface area contributed by atoms with Gasteiger partial charge in [-0.3, -0.25) is 9.59 Å². The van der Waals surface area contributed by atoms with Crippen molar-refractivity contribution in [1.29, 1.82) is 0 Å². The third kappa shape index (κ3) is 4.69. The first-order valence-electron chi connectivity index (χ1n) is 9.62. The Bertz CT molecular complexity index is 1080. The summed E-state index contributed by atoms with van der Waals surface area (Å²) in [5, 5.41) is 0. The number of ether oxygens (including phenoxy) is 2. The van der Waals surface area contributed by atoms with Crippen molar-refractivity contribution in [2.45, 2.75) is 20.4 Å². The predicted octanol–water partition coefficient (Wildman–Crippen LogP) is 3.55. The van der Waals surface area contributed by atoms with Gasteiger partial charge in [0.05, 0.1) is 33.6 Å². The van der Waals surface area contributed by atoms with Crippen LogP contribution in [-0.4, -0.2) is 48.3 Å². The van der Waals surface area contributed by atoms with Crippen LogP contribution in [0.4, 0.5) is 0 Å². The summed E-state index contributed by atoms with van der Waals surface area (Å²) in [7, 11) is 2.82. The molecule has 8 nitrogen and oxygen atoms in total. The molecule has 1 amide bonds. The van der Waals surface area contributed by atoms with Crippen LogP contribution in [-0.2, 0) is 11.3 Å². The van der Waals surface area contributed by atoms with Crippen LogP contribution in [0.5, 0.6) is 5.75 Å². The van der Waals surface area contributed by atoms with Crippen molar-refractivity contribution < 1.29 is 28.3 Å². The SMILES string of the molecule is COC(=O)c1[nH]c(C)c(C(=O)CN(Cc2ccco2)C(=O)c2ccc(OC)cc2)c1C. The molecular weight excluding hydrogens is 400 g/mol. The zero-order valence-corrected chi connectivity index (χ0v) is 17.9. The van der Waals surface area contributed by atoms with Gasteiger partial charge in [-0.2, -0.15) is 0 Å². The fourth-order valence-corrected chi connectivity index (χ4v) is 3.43. The van der Waals surface area contributed by atoms with E-state index in [1.807, 2.05) is 0 Å². The molecule has 1 aromatic carbocycles. The van der Waals surface area contributed by atoms with E-state index in [9.17, 15) is 14.4 Å². The lowest BCUT2D eigenvalue weighted by Gasteiger charge is -2.21. The molecule has 8 heteroatoms. The number of rotatable bonds is 8. The summed E-state index contributed by atoms with van der Waals surface area (Å²) in [5.41, 5.74) is 2.04. The summed E-state index contributed by atoms with van der Waals surface area (Å²) < 4.78 is 15.3. The zero-order chi connectivity index (χ0) is 22.5. The number of amides is 1. The Balaban J connectivity index is 1.89. The number of aromatic amines is 1. The van der Waals surface area contributed by atoms with Gasteiger partial charge < -0.3 is 23.8 Å². The Morgan fingerprint density at radius 3 is 2.35 bits per heavy atom. The Kier molecular flexibility index (Phi) is 6.59. The molecule has 0 bridgehead atoms. The molecule has 31 heavy (non-hydrogen) atoms. The lowest BCUT2D eigenvalue weighted by molar-refractivity contribution is 0.0593. The van der Waals surface area contributed by atoms with Crippen LogP contribution in [0, 0.1) is 13.8 Å². The van der Waals surface area contributed by atoms with Crippen molar-refractivity contribution in [3.63, 3.8) is 0 Å². The summed E-state index contributed by atoms with van der Waals surface area (Å²) in [5.74, 6) is -0.00537. The molecule has 162 valence electrons. The van der Waals surface area contributed by atoms with Crippen molar-refractivity contribution in [2.24, 2.45) is 0 Å². The van der Waals surface area contributed by atoms with Crippen molar-refractivity contribution in [2.75, 3.05) is 20.8 Å². The van der Waals surface area contributed by atoms with Crippen LogP contribution in [0.2, 0.25) is 0 Å². The fourth-order valence-electron chi connectivity index (χ4n) is 3.43. The highest BCUT2D eigenvalue weighted by molar-refractivity contribution is 6.05. The van der Waals surface area contributed by atoms with Gasteiger partial charge in [-0.15, -0.1) is 0 Å². The average molecular weight is 424 g/mol. The molecule has 0 spiro atoms. The molecule has 0 radical (unpaired) electrons. The summed E-state index contributed by atoms with van der Waals surface area (Å²) in [6.45, 7) is 3.31. The van der Waals surface area contributed by atoms with Gasteiger partial charge in [-0.05, 0) is 55.8 Å². The Labute approximate surface area is 179 Å². The number of carbonyl (C=O) groups excluding carboxylic acids is 3. The number of furan rings is 1. The molecule has 0 aliphatic carbocycles. The molecule has 0 saturated heterocycles. The number of benzene rings is 1. The minimum atomic E-state index is -0.554. The molecule has 2 aromatic heterocycles. The normalized spacial score (nSPS) is 10.6. The zero-order valence-electron chi connectivity index (χ0n) is 17.9. The number of esters is 1. The first-order valence-corrected chi connectivity index (χ1v) is 9.62. The molecule has 3 rings (SSSR count). The number of carbonyl (C=O) groups is 3. The number of nitrogens with zero attached hydrogens (tertiary/aromatic N) is 1. The third-order valence-electron chi connectivity index (χ3n) is 4.99. The van der Waals surface area contributed by atoms with Crippen LogP contribution < -0.4 is 4.74 Å². The van der Waals surface area contributed by atoms with Crippen molar-refractivity contribution in [1.82, 2.24) is 9.88 Å². The molecule has 0 atom stereocenters. The largest absolute Gasteiger partial charge is 0.497 e. The first-order chi connectivity index (χ1) is 14.8. The van der Waals surface area contributed by atoms with E-state index in [0.29, 0.717) is 33.9 Å². The number of aromatic nitrogens is 1. The maximum absolute atomic E-state index is 13.2. The fraction of sp³-hybridized carbons (Fsp3) is 0.261. The number of ketones is 1. The van der Waals surface area contributed by atoms with Gasteiger partial charge in [0, 0.05) is 16.8 Å². The minimum absolute atomic E-state index is 0.121. The molecule has 0 aliphatic heterocycles. The number of hydrogen-bond acceptors (Lipinski definition) is 6. The van der Waals surface area contributed by atoms with E-state index < -0.39 is 5.97 Å². The Morgan fingerprint density at radius 1 is 1.06 bits per heavy atom. The predicted molar refractivity (Wildman–Crippen MR) is 112 cm³/mol. The number of Topliss-reactive ketones (excluding diaryl/α,β-unsaturated/α-hetero) is 1. The highest BCUT2D eigenvalue weighted by Gasteiger charge is 2.26. The number of methoxy groups -OCH3 is 2. The number of nitrogens with one attached hydrogen (secondary N) is 1. The minimum Gasteiger partial charge on any atom is -0.497 e. The van der Waals surface area contributed by atoms with E-state index >= 15 is 0 Å². The van der Waals surface area contributed by atoms with Gasteiger partial charge >= 0.3 is 5.97 Å². The second-order valence-electron chi connectivity index (χ2n) is 7.01. The number of aryl methyl sites for hydroxylation is 1. The van der Waals surface area contributed by atoms with Gasteiger partial charge in [-0.1, -0.05) is 0 Å². The number of H-pyrrole nitrogens is 1. The van der Waals surface area contributed by atoms with Gasteiger partial charge in [0.1, 0.15) is 17.2 Å². The Morgan fingerprint density at radius 2 is 1.77 bits per heavy atom. The second kappa shape index (κ2) is 9.34. The standard InChI is InChI=1S/C23H24N2O6/c1-14-20(15(2)24-21(14)23(28)30-4)19(26)13-25(12-18-6-5-11-31-18)22(27)16-7-9-17(29-3)10-8-16/h5-11,24H,12-13H2,1-4H3. The highest BCUT2D eigenvalue weighted by atomic mass is 16.5. The summed E-state index contributed by atoms with van der Waals surface area (Å²) >= 11 is 0. The van der Waals surface area contributed by atoms with Crippen LogP contribution in [0.3, 0.4) is 0 Å². The quantitative estimate of drug-likeness (QED) is 0.438. The summed E-state index contributed by atoms with van der Waals surface area (Å²) in [6, 6.07) is 10.1. The molecule has 0 aliphatic rings. The first kappa shape index (κ1) is 21.9. The number of hydrogen-bond donors (Lipinski definition) is 1. The molecular formula is C23H24N2O6. The van der Waals surface area contributed by atoms with E-state index in [1.54, 1.807) is 57.4 Å². The monoisotopic (exact) mass is 424 g/mol. The van der Waals surface area contributed by atoms with Crippen molar-refractivity contribution in [3.8, 4) is 5.75 Å². The van der Waals surface area contributed by atoms with Crippen LogP contribution in [0.1, 0.15) is 48.2 Å². The summed E-state index contributed by atoms with van der Waals surface area (Å²) in [4.78, 5) is 42.6. The van der Waals surface area contributed by atoms with Gasteiger partial charge in [-0.25, -0.2) is 4.79 Å². The van der Waals surface area contributed by atoms with Crippen LogP contribution >= 0.6 is 0 Å². The molecule has 2 heterocycles. The highest BCUT2D eigenvalue weighted by Crippen LogP contribution is 2.21. The lowest BCUT2D eigenvalue weighted by Crippen LogP contribution is -2.35. The molecule has 0 unspecified atom stereocenters. The maximum atomic E-state index is 13.2. The Hall–Kier alpha value is -3.81. The maximum Gasteiger partial charge on any atom is 0.354 e. The molecule has 0 fully saturated rings. The van der Waals surface area contributed by atoms with Gasteiger partial charge in [0.2, 0.25) is 0 Å². The average Bonchev–Trinajstić information content (AvgIpc) is 3.39. The lowest BCUT2D eigenvalue weighted by atomic mass is 10.0. The van der Waals surface area contributed by atoms with Gasteiger partial charge in [0.15, 0.2) is 5.78 Å².